The molecular weight excluding hydrogens is 294 g/mol. The number of carbonyl (C=O) groups excluding carboxylic acids is 1. The molecule has 1 unspecified atom stereocenters. The van der Waals surface area contributed by atoms with Gasteiger partial charge >= 0.3 is 0 Å². The number of ether oxygens (including phenoxy) is 2. The highest BCUT2D eigenvalue weighted by atomic mass is 32.2. The molecule has 1 aliphatic heterocycles. The third-order valence-corrected chi connectivity index (χ3v) is 4.00. The highest BCUT2D eigenvalue weighted by molar-refractivity contribution is 8.00. The number of aromatic nitrogens is 4. The minimum absolute atomic E-state index is 0.137. The van der Waals surface area contributed by atoms with E-state index in [-0.39, 0.29) is 18.0 Å². The van der Waals surface area contributed by atoms with Gasteiger partial charge in [-0.3, -0.25) is 4.79 Å². The van der Waals surface area contributed by atoms with Gasteiger partial charge in [0.1, 0.15) is 0 Å². The Morgan fingerprint density at radius 3 is 3.00 bits per heavy atom. The zero-order valence-corrected chi connectivity index (χ0v) is 12.3. The number of fused-ring (bicyclic) bond motifs is 1. The number of aryl methyl sites for hydroxylation is 1. The smallest absolute Gasteiger partial charge is 0.237 e. The minimum atomic E-state index is -0.333. The van der Waals surface area contributed by atoms with Crippen molar-refractivity contribution in [2.75, 3.05) is 12.1 Å². The molecule has 0 aliphatic carbocycles. The summed E-state index contributed by atoms with van der Waals surface area (Å²) in [6.07, 6.45) is 0. The highest BCUT2D eigenvalue weighted by Gasteiger charge is 2.19. The number of anilines is 1. The molecule has 1 amide bonds. The van der Waals surface area contributed by atoms with Crippen LogP contribution in [0.2, 0.25) is 0 Å². The van der Waals surface area contributed by atoms with Crippen molar-refractivity contribution < 1.29 is 14.3 Å². The molecule has 1 aliphatic rings. The predicted octanol–water partition coefficient (Wildman–Crippen LogP) is 1.06. The van der Waals surface area contributed by atoms with E-state index in [1.54, 1.807) is 32.2 Å². The van der Waals surface area contributed by atoms with Gasteiger partial charge in [-0.05, 0) is 29.5 Å². The predicted molar refractivity (Wildman–Crippen MR) is 75.3 cm³/mol. The number of hydrogen-bond donors (Lipinski definition) is 1. The van der Waals surface area contributed by atoms with Crippen LogP contribution in [0.1, 0.15) is 6.92 Å². The maximum atomic E-state index is 12.2. The number of benzene rings is 1. The van der Waals surface area contributed by atoms with Crippen LogP contribution < -0.4 is 14.8 Å². The van der Waals surface area contributed by atoms with Crippen LogP contribution in [0.5, 0.6) is 11.5 Å². The van der Waals surface area contributed by atoms with Gasteiger partial charge in [-0.2, -0.15) is 0 Å². The molecule has 9 heteroatoms. The monoisotopic (exact) mass is 307 g/mol. The molecule has 3 rings (SSSR count). The minimum Gasteiger partial charge on any atom is -0.454 e. The van der Waals surface area contributed by atoms with Gasteiger partial charge < -0.3 is 14.8 Å². The second-order valence-corrected chi connectivity index (χ2v) is 5.71. The van der Waals surface area contributed by atoms with E-state index in [0.29, 0.717) is 22.3 Å². The Kier molecular flexibility index (Phi) is 3.65. The van der Waals surface area contributed by atoms with Gasteiger partial charge in [-0.15, -0.1) is 5.10 Å². The second kappa shape index (κ2) is 5.60. The fourth-order valence-corrected chi connectivity index (χ4v) is 2.51. The van der Waals surface area contributed by atoms with Gasteiger partial charge in [0.05, 0.1) is 5.25 Å². The molecule has 0 radical (unpaired) electrons. The van der Waals surface area contributed by atoms with E-state index in [4.69, 9.17) is 9.47 Å². The highest BCUT2D eigenvalue weighted by Crippen LogP contribution is 2.34. The van der Waals surface area contributed by atoms with Crippen LogP contribution in [0.15, 0.2) is 23.4 Å². The first-order chi connectivity index (χ1) is 10.1. The van der Waals surface area contributed by atoms with Crippen molar-refractivity contribution in [3.8, 4) is 11.5 Å². The van der Waals surface area contributed by atoms with Gasteiger partial charge in [0.2, 0.25) is 17.9 Å². The molecule has 1 N–H and O–H groups in total. The van der Waals surface area contributed by atoms with E-state index in [9.17, 15) is 4.79 Å². The summed E-state index contributed by atoms with van der Waals surface area (Å²) in [7, 11) is 1.73. The van der Waals surface area contributed by atoms with Crippen molar-refractivity contribution in [1.82, 2.24) is 20.2 Å². The third-order valence-electron chi connectivity index (χ3n) is 2.87. The molecule has 1 atom stereocenters. The van der Waals surface area contributed by atoms with Crippen LogP contribution in [-0.4, -0.2) is 38.2 Å². The number of nitrogens with one attached hydrogen (secondary N) is 1. The molecule has 0 saturated heterocycles. The number of thioether (sulfide) groups is 1. The van der Waals surface area contributed by atoms with Gasteiger partial charge in [-0.25, -0.2) is 4.68 Å². The first-order valence-corrected chi connectivity index (χ1v) is 7.11. The van der Waals surface area contributed by atoms with E-state index in [2.05, 4.69) is 20.8 Å². The van der Waals surface area contributed by atoms with E-state index in [1.165, 1.54) is 16.4 Å². The Balaban J connectivity index is 1.64. The molecular formula is C12H13N5O3S. The Morgan fingerprint density at radius 2 is 2.24 bits per heavy atom. The van der Waals surface area contributed by atoms with Gasteiger partial charge in [0.25, 0.3) is 0 Å². The topological polar surface area (TPSA) is 91.2 Å². The zero-order valence-electron chi connectivity index (χ0n) is 11.4. The van der Waals surface area contributed by atoms with Crippen LogP contribution in [0, 0.1) is 0 Å². The van der Waals surface area contributed by atoms with Crippen molar-refractivity contribution >= 4 is 23.4 Å². The van der Waals surface area contributed by atoms with E-state index in [1.807, 2.05) is 0 Å². The quantitative estimate of drug-likeness (QED) is 0.844. The molecule has 21 heavy (non-hydrogen) atoms. The van der Waals surface area contributed by atoms with E-state index >= 15 is 0 Å². The van der Waals surface area contributed by atoms with Crippen molar-refractivity contribution in [3.63, 3.8) is 0 Å². The largest absolute Gasteiger partial charge is 0.454 e. The van der Waals surface area contributed by atoms with Crippen molar-refractivity contribution in [2.24, 2.45) is 7.05 Å². The molecule has 110 valence electrons. The van der Waals surface area contributed by atoms with Crippen LogP contribution in [0.3, 0.4) is 0 Å². The molecule has 0 saturated carbocycles. The summed E-state index contributed by atoms with van der Waals surface area (Å²) in [5.41, 5.74) is 0.660. The Bertz CT molecular complexity index is 675. The fraction of sp³-hybridized carbons (Fsp3) is 0.333. The number of tetrazole rings is 1. The lowest BCUT2D eigenvalue weighted by atomic mass is 10.2. The van der Waals surface area contributed by atoms with E-state index in [0.717, 1.165) is 0 Å². The summed E-state index contributed by atoms with van der Waals surface area (Å²) >= 11 is 1.29. The van der Waals surface area contributed by atoms with Crippen LogP contribution >= 0.6 is 11.8 Å². The number of nitrogens with zero attached hydrogens (tertiary/aromatic N) is 4. The van der Waals surface area contributed by atoms with E-state index < -0.39 is 0 Å². The van der Waals surface area contributed by atoms with Gasteiger partial charge in [0.15, 0.2) is 11.5 Å². The third kappa shape index (κ3) is 2.92. The summed E-state index contributed by atoms with van der Waals surface area (Å²) in [5, 5.41) is 14.2. The molecule has 2 aromatic rings. The standard InChI is InChI=1S/C12H13N5O3S/c1-7(21-12-14-15-16-17(12)2)11(18)13-8-3-4-9-10(5-8)20-6-19-9/h3-5,7H,6H2,1-2H3,(H,13,18). The summed E-state index contributed by atoms with van der Waals surface area (Å²) in [5.74, 6) is 1.17. The molecule has 0 bridgehead atoms. The molecule has 0 spiro atoms. The molecule has 8 nitrogen and oxygen atoms in total. The maximum absolute atomic E-state index is 12.2. The maximum Gasteiger partial charge on any atom is 0.237 e. The number of rotatable bonds is 4. The number of amides is 1. The average molecular weight is 307 g/mol. The summed E-state index contributed by atoms with van der Waals surface area (Å²) < 4.78 is 12.0. The number of hydrogen-bond acceptors (Lipinski definition) is 7. The molecule has 2 heterocycles. The molecule has 0 fully saturated rings. The van der Waals surface area contributed by atoms with Crippen molar-refractivity contribution in [1.29, 1.82) is 0 Å². The SMILES string of the molecule is CC(Sc1nnnn1C)C(=O)Nc1ccc2c(c1)OCO2. The first-order valence-electron chi connectivity index (χ1n) is 6.23. The number of carbonyl (C=O) groups is 1. The lowest BCUT2D eigenvalue weighted by molar-refractivity contribution is -0.115. The summed E-state index contributed by atoms with van der Waals surface area (Å²) in [6.45, 7) is 2.00. The Morgan fingerprint density at radius 1 is 1.43 bits per heavy atom. The lowest BCUT2D eigenvalue weighted by Gasteiger charge is -2.11. The average Bonchev–Trinajstić information content (AvgIpc) is 3.07. The lowest BCUT2D eigenvalue weighted by Crippen LogP contribution is -2.22. The summed E-state index contributed by atoms with van der Waals surface area (Å²) in [6, 6.07) is 5.27. The zero-order chi connectivity index (χ0) is 14.8. The summed E-state index contributed by atoms with van der Waals surface area (Å²) in [4.78, 5) is 12.2. The normalized spacial score (nSPS) is 14.0. The van der Waals surface area contributed by atoms with Crippen molar-refractivity contribution in [3.05, 3.63) is 18.2 Å². The van der Waals surface area contributed by atoms with Crippen molar-refractivity contribution in [2.45, 2.75) is 17.3 Å². The Hall–Kier alpha value is -2.29. The second-order valence-electron chi connectivity index (χ2n) is 4.40. The van der Waals surface area contributed by atoms with Crippen LogP contribution in [0.4, 0.5) is 5.69 Å². The molecule has 1 aromatic carbocycles. The fourth-order valence-electron chi connectivity index (χ4n) is 1.75. The van der Waals surface area contributed by atoms with Crippen LogP contribution in [-0.2, 0) is 11.8 Å². The van der Waals surface area contributed by atoms with Crippen LogP contribution in [0.25, 0.3) is 0 Å². The molecule has 1 aromatic heterocycles. The van der Waals surface area contributed by atoms with Gasteiger partial charge in [-0.1, -0.05) is 11.8 Å². The Labute approximate surface area is 124 Å². The van der Waals surface area contributed by atoms with Gasteiger partial charge in [0, 0.05) is 18.8 Å². The first kappa shape index (κ1) is 13.7.